The molecule has 0 unspecified atom stereocenters. The van der Waals surface area contributed by atoms with Crippen LogP contribution in [0.25, 0.3) is 0 Å². The van der Waals surface area contributed by atoms with Gasteiger partial charge in [0, 0.05) is 36.7 Å². The number of aliphatic hydroxyl groups excluding tert-OH is 1. The number of hydrogen-bond donors (Lipinski definition) is 1. The largest absolute Gasteiger partial charge is 0.396 e. The highest BCUT2D eigenvalue weighted by molar-refractivity contribution is 5.87. The lowest BCUT2D eigenvalue weighted by Gasteiger charge is -2.59. The number of rotatable bonds is 1. The Balaban J connectivity index is 1.68. The SMILES string of the molecule is C[C@]12CC[C@H]3[C@@H](CC[C@H]4CC(=O)CC[C@@]43CO)[C@@H]1CCC2=O. The Bertz CT molecular complexity index is 513. The van der Waals surface area contributed by atoms with Gasteiger partial charge in [-0.05, 0) is 62.2 Å². The molecule has 4 saturated carbocycles. The molecule has 4 rings (SSSR count). The molecule has 0 aromatic heterocycles. The second-order valence-electron chi connectivity index (χ2n) is 8.70. The van der Waals surface area contributed by atoms with E-state index < -0.39 is 0 Å². The Labute approximate surface area is 132 Å². The first-order valence-electron chi connectivity index (χ1n) is 9.17. The maximum Gasteiger partial charge on any atom is 0.139 e. The lowest BCUT2D eigenvalue weighted by atomic mass is 9.45. The minimum atomic E-state index is -0.0882. The summed E-state index contributed by atoms with van der Waals surface area (Å²) in [5.74, 6) is 2.93. The standard InChI is InChI=1S/C19H28O3/c1-18-8-7-16-14(15(18)4-5-17(18)22)3-2-12-10-13(21)6-9-19(12,16)11-20/h12,14-16,20H,2-11H2,1H3/t12-,14-,15-,16-,18-,19+/m0/s1. The van der Waals surface area contributed by atoms with Gasteiger partial charge < -0.3 is 5.11 Å². The van der Waals surface area contributed by atoms with Crippen molar-refractivity contribution in [2.45, 2.75) is 64.7 Å². The highest BCUT2D eigenvalue weighted by Crippen LogP contribution is 2.65. The van der Waals surface area contributed by atoms with E-state index in [2.05, 4.69) is 6.92 Å². The maximum absolute atomic E-state index is 12.4. The van der Waals surface area contributed by atoms with Crippen LogP contribution in [0.15, 0.2) is 0 Å². The zero-order valence-electron chi connectivity index (χ0n) is 13.6. The van der Waals surface area contributed by atoms with Crippen LogP contribution in [0.3, 0.4) is 0 Å². The summed E-state index contributed by atoms with van der Waals surface area (Å²) >= 11 is 0. The second kappa shape index (κ2) is 4.90. The summed E-state index contributed by atoms with van der Waals surface area (Å²) in [5, 5.41) is 10.3. The Morgan fingerprint density at radius 2 is 1.86 bits per heavy atom. The number of Topliss-reactive ketones (excluding diaryl/α,β-unsaturated/α-hetero) is 2. The fraction of sp³-hybridized carbons (Fsp3) is 0.895. The topological polar surface area (TPSA) is 54.4 Å². The number of carbonyl (C=O) groups excluding carboxylic acids is 2. The van der Waals surface area contributed by atoms with Crippen molar-refractivity contribution >= 4 is 11.6 Å². The van der Waals surface area contributed by atoms with Crippen LogP contribution in [-0.2, 0) is 9.59 Å². The molecule has 0 saturated heterocycles. The predicted octanol–water partition coefficient (Wildman–Crippen LogP) is 3.14. The predicted molar refractivity (Wildman–Crippen MR) is 83.2 cm³/mol. The summed E-state index contributed by atoms with van der Waals surface area (Å²) < 4.78 is 0. The van der Waals surface area contributed by atoms with Gasteiger partial charge in [0.2, 0.25) is 0 Å². The van der Waals surface area contributed by atoms with E-state index in [1.165, 1.54) is 0 Å². The molecule has 1 N–H and O–H groups in total. The van der Waals surface area contributed by atoms with E-state index in [-0.39, 0.29) is 17.4 Å². The lowest BCUT2D eigenvalue weighted by Crippen LogP contribution is -2.56. The van der Waals surface area contributed by atoms with Gasteiger partial charge in [-0.15, -0.1) is 0 Å². The first-order chi connectivity index (χ1) is 10.5. The van der Waals surface area contributed by atoms with Crippen LogP contribution in [-0.4, -0.2) is 23.3 Å². The summed E-state index contributed by atoms with van der Waals surface area (Å²) in [6.45, 7) is 2.44. The summed E-state index contributed by atoms with van der Waals surface area (Å²) in [5.41, 5.74) is -0.112. The van der Waals surface area contributed by atoms with Gasteiger partial charge >= 0.3 is 0 Å². The average Bonchev–Trinajstić information content (AvgIpc) is 2.82. The molecule has 3 heteroatoms. The molecule has 0 amide bonds. The number of aliphatic hydroxyl groups is 1. The summed E-state index contributed by atoms with van der Waals surface area (Å²) in [6.07, 6.45) is 8.36. The Kier molecular flexibility index (Phi) is 3.31. The molecule has 0 spiro atoms. The number of ketones is 2. The zero-order valence-corrected chi connectivity index (χ0v) is 13.6. The van der Waals surface area contributed by atoms with E-state index in [4.69, 9.17) is 0 Å². The molecular weight excluding hydrogens is 276 g/mol. The fourth-order valence-electron chi connectivity index (χ4n) is 6.93. The van der Waals surface area contributed by atoms with Crippen molar-refractivity contribution < 1.29 is 14.7 Å². The lowest BCUT2D eigenvalue weighted by molar-refractivity contribution is -0.154. The number of carbonyl (C=O) groups is 2. The monoisotopic (exact) mass is 304 g/mol. The highest BCUT2D eigenvalue weighted by Gasteiger charge is 2.61. The third kappa shape index (κ3) is 1.78. The third-order valence-corrected chi connectivity index (χ3v) is 8.18. The molecule has 0 heterocycles. The van der Waals surface area contributed by atoms with Crippen LogP contribution in [0, 0.1) is 34.5 Å². The average molecular weight is 304 g/mol. The number of hydrogen-bond acceptors (Lipinski definition) is 3. The molecule has 0 aliphatic heterocycles. The molecule has 4 fully saturated rings. The molecular formula is C19H28O3. The van der Waals surface area contributed by atoms with Gasteiger partial charge in [0.1, 0.15) is 11.6 Å². The van der Waals surface area contributed by atoms with E-state index in [1.807, 2.05) is 0 Å². The van der Waals surface area contributed by atoms with E-state index in [1.54, 1.807) is 0 Å². The van der Waals surface area contributed by atoms with Gasteiger partial charge in [0.05, 0.1) is 0 Å². The first kappa shape index (κ1) is 14.9. The molecule has 4 aliphatic carbocycles. The van der Waals surface area contributed by atoms with Gasteiger partial charge in [-0.1, -0.05) is 6.92 Å². The van der Waals surface area contributed by atoms with Crippen molar-refractivity contribution in [3.05, 3.63) is 0 Å². The molecule has 3 nitrogen and oxygen atoms in total. The smallest absolute Gasteiger partial charge is 0.139 e. The van der Waals surface area contributed by atoms with E-state index in [0.29, 0.717) is 48.1 Å². The zero-order chi connectivity index (χ0) is 15.5. The van der Waals surface area contributed by atoms with Crippen molar-refractivity contribution in [1.82, 2.24) is 0 Å². The molecule has 22 heavy (non-hydrogen) atoms. The van der Waals surface area contributed by atoms with Crippen molar-refractivity contribution in [3.8, 4) is 0 Å². The van der Waals surface area contributed by atoms with Crippen molar-refractivity contribution in [2.75, 3.05) is 6.61 Å². The molecule has 0 aromatic carbocycles. The second-order valence-corrected chi connectivity index (χ2v) is 8.70. The normalized spacial score (nSPS) is 51.2. The summed E-state index contributed by atoms with van der Waals surface area (Å²) in [4.78, 5) is 24.3. The van der Waals surface area contributed by atoms with Crippen LogP contribution < -0.4 is 0 Å². The fourth-order valence-corrected chi connectivity index (χ4v) is 6.93. The van der Waals surface area contributed by atoms with Crippen LogP contribution in [0.5, 0.6) is 0 Å². The Hall–Kier alpha value is -0.700. The van der Waals surface area contributed by atoms with Gasteiger partial charge in [-0.3, -0.25) is 9.59 Å². The Morgan fingerprint density at radius 3 is 2.64 bits per heavy atom. The van der Waals surface area contributed by atoms with E-state index >= 15 is 0 Å². The quantitative estimate of drug-likeness (QED) is 0.809. The van der Waals surface area contributed by atoms with E-state index in [9.17, 15) is 14.7 Å². The Morgan fingerprint density at radius 1 is 1.05 bits per heavy atom. The van der Waals surface area contributed by atoms with Crippen molar-refractivity contribution in [2.24, 2.45) is 34.5 Å². The van der Waals surface area contributed by atoms with Crippen LogP contribution in [0.2, 0.25) is 0 Å². The van der Waals surface area contributed by atoms with Crippen molar-refractivity contribution in [3.63, 3.8) is 0 Å². The third-order valence-electron chi connectivity index (χ3n) is 8.18. The molecule has 4 aliphatic rings. The molecule has 0 bridgehead atoms. The highest BCUT2D eigenvalue weighted by atomic mass is 16.3. The van der Waals surface area contributed by atoms with E-state index in [0.717, 1.165) is 44.9 Å². The molecule has 0 radical (unpaired) electrons. The summed E-state index contributed by atoms with van der Waals surface area (Å²) in [7, 11) is 0. The molecule has 0 aromatic rings. The van der Waals surface area contributed by atoms with Crippen molar-refractivity contribution in [1.29, 1.82) is 0 Å². The molecule has 6 atom stereocenters. The van der Waals surface area contributed by atoms with Gasteiger partial charge in [-0.2, -0.15) is 0 Å². The molecule has 122 valence electrons. The van der Waals surface area contributed by atoms with Crippen LogP contribution >= 0.6 is 0 Å². The number of fused-ring (bicyclic) bond motifs is 5. The minimum absolute atomic E-state index is 0.0240. The maximum atomic E-state index is 12.4. The van der Waals surface area contributed by atoms with Gasteiger partial charge in [0.25, 0.3) is 0 Å². The minimum Gasteiger partial charge on any atom is -0.396 e. The van der Waals surface area contributed by atoms with Gasteiger partial charge in [0.15, 0.2) is 0 Å². The van der Waals surface area contributed by atoms with Crippen LogP contribution in [0.1, 0.15) is 64.7 Å². The summed E-state index contributed by atoms with van der Waals surface area (Å²) in [6, 6.07) is 0. The van der Waals surface area contributed by atoms with Crippen LogP contribution in [0.4, 0.5) is 0 Å². The first-order valence-corrected chi connectivity index (χ1v) is 9.17. The van der Waals surface area contributed by atoms with Gasteiger partial charge in [-0.25, -0.2) is 0 Å².